The summed E-state index contributed by atoms with van der Waals surface area (Å²) < 4.78 is 59.0. The molecule has 1 saturated heterocycles. The molecule has 340 valence electrons. The quantitative estimate of drug-likeness (QED) is 0.0261. The van der Waals surface area contributed by atoms with Crippen molar-refractivity contribution in [3.8, 4) is 0 Å². The molecule has 0 aromatic rings. The van der Waals surface area contributed by atoms with Gasteiger partial charge < -0.3 is 34.3 Å². The Hall–Kier alpha value is -0.900. The van der Waals surface area contributed by atoms with Gasteiger partial charge in [-0.15, -0.1) is 0 Å². The molecule has 1 rings (SSSR count). The lowest BCUT2D eigenvalue weighted by atomic mass is 9.99. The number of esters is 1. The number of aliphatic hydroxyl groups excluding tert-OH is 3. The molecule has 12 nitrogen and oxygen atoms in total. The van der Waals surface area contributed by atoms with Gasteiger partial charge in [0, 0.05) is 13.0 Å². The van der Waals surface area contributed by atoms with Crippen LogP contribution in [0.5, 0.6) is 0 Å². The van der Waals surface area contributed by atoms with E-state index in [1.807, 2.05) is 0 Å². The van der Waals surface area contributed by atoms with Crippen LogP contribution in [0.25, 0.3) is 0 Å². The van der Waals surface area contributed by atoms with E-state index in [4.69, 9.17) is 23.5 Å². The highest BCUT2D eigenvalue weighted by Gasteiger charge is 2.48. The summed E-state index contributed by atoms with van der Waals surface area (Å²) in [7, 11) is -5.05. The minimum atomic E-state index is -5.05. The van der Waals surface area contributed by atoms with Crippen molar-refractivity contribution >= 4 is 16.4 Å². The Morgan fingerprint density at radius 2 is 1.00 bits per heavy atom. The van der Waals surface area contributed by atoms with Crippen molar-refractivity contribution in [3.05, 3.63) is 0 Å². The summed E-state index contributed by atoms with van der Waals surface area (Å²) in [5.74, 6) is -0.395. The van der Waals surface area contributed by atoms with Gasteiger partial charge >= 0.3 is 16.4 Å². The summed E-state index contributed by atoms with van der Waals surface area (Å²) in [6.45, 7) is 4.02. The maximum Gasteiger partial charge on any atom is 0.397 e. The molecule has 1 fully saturated rings. The predicted octanol–water partition coefficient (Wildman–Crippen LogP) is 9.69. The molecule has 1 aliphatic heterocycles. The van der Waals surface area contributed by atoms with E-state index in [0.717, 1.165) is 38.5 Å². The van der Waals surface area contributed by atoms with Crippen LogP contribution in [0.1, 0.15) is 213 Å². The molecule has 0 aromatic heterocycles. The second kappa shape index (κ2) is 36.9. The van der Waals surface area contributed by atoms with Gasteiger partial charge in [0.2, 0.25) is 0 Å². The minimum Gasteiger partial charge on any atom is -0.457 e. The van der Waals surface area contributed by atoms with Crippen LogP contribution < -0.4 is 0 Å². The number of carbonyl (C=O) groups excluding carboxylic acids is 1. The number of aliphatic hydroxyl groups is 3. The van der Waals surface area contributed by atoms with E-state index < -0.39 is 59.8 Å². The second-order valence-corrected chi connectivity index (χ2v) is 17.4. The van der Waals surface area contributed by atoms with E-state index in [0.29, 0.717) is 13.0 Å². The van der Waals surface area contributed by atoms with Crippen molar-refractivity contribution < 1.29 is 56.2 Å². The SMILES string of the molecule is CCCCCCCCCCCCCCCCCCCCCOCC(COC1OC(CO)C(O)C(OS(=O)(=O)O)C1O)OC(=O)CCCCCCCCCCCCC. The zero-order valence-electron chi connectivity index (χ0n) is 36.2. The molecule has 57 heavy (non-hydrogen) atoms. The third-order valence-electron chi connectivity index (χ3n) is 11.0. The standard InChI is InChI=1S/C44H86O12S/c1-3-5-7-9-11-13-15-16-17-18-19-20-21-22-24-26-28-30-32-34-52-36-38(54-40(46)33-31-29-27-25-23-14-12-10-8-6-4-2)37-53-44-42(48)43(56-57(49,50)51)41(47)39(35-45)55-44/h38-39,41-45,47-48H,3-37H2,1-2H3,(H,49,50,51). The molecule has 0 saturated carbocycles. The lowest BCUT2D eigenvalue weighted by Crippen LogP contribution is -2.60. The maximum absolute atomic E-state index is 12.8. The molecule has 1 heterocycles. The Kier molecular flexibility index (Phi) is 35.0. The average molecular weight is 839 g/mol. The third-order valence-corrected chi connectivity index (χ3v) is 11.4. The second-order valence-electron chi connectivity index (χ2n) is 16.4. The summed E-state index contributed by atoms with van der Waals surface area (Å²) in [6.07, 6.45) is 28.6. The van der Waals surface area contributed by atoms with Crippen molar-refractivity contribution in [2.24, 2.45) is 0 Å². The predicted molar refractivity (Wildman–Crippen MR) is 225 cm³/mol. The van der Waals surface area contributed by atoms with E-state index in [2.05, 4.69) is 18.0 Å². The molecule has 0 aromatic carbocycles. The largest absolute Gasteiger partial charge is 0.457 e. The van der Waals surface area contributed by atoms with Gasteiger partial charge in [0.25, 0.3) is 0 Å². The van der Waals surface area contributed by atoms with Gasteiger partial charge in [-0.2, -0.15) is 8.42 Å². The van der Waals surface area contributed by atoms with Crippen molar-refractivity contribution in [2.45, 2.75) is 250 Å². The van der Waals surface area contributed by atoms with Crippen molar-refractivity contribution in [3.63, 3.8) is 0 Å². The van der Waals surface area contributed by atoms with Gasteiger partial charge in [-0.1, -0.05) is 194 Å². The number of hydrogen-bond donors (Lipinski definition) is 4. The van der Waals surface area contributed by atoms with Crippen LogP contribution in [-0.2, 0) is 38.3 Å². The zero-order valence-corrected chi connectivity index (χ0v) is 37.0. The first kappa shape index (κ1) is 54.1. The van der Waals surface area contributed by atoms with Gasteiger partial charge in [-0.05, 0) is 12.8 Å². The molecular formula is C44H86O12S. The van der Waals surface area contributed by atoms with Crippen molar-refractivity contribution in [1.29, 1.82) is 0 Å². The molecule has 0 aliphatic carbocycles. The molecule has 1 aliphatic rings. The van der Waals surface area contributed by atoms with Gasteiger partial charge in [-0.3, -0.25) is 9.35 Å². The monoisotopic (exact) mass is 839 g/mol. The van der Waals surface area contributed by atoms with Crippen molar-refractivity contribution in [2.75, 3.05) is 26.4 Å². The van der Waals surface area contributed by atoms with Gasteiger partial charge in [-0.25, -0.2) is 4.18 Å². The van der Waals surface area contributed by atoms with E-state index >= 15 is 0 Å². The highest BCUT2D eigenvalue weighted by Crippen LogP contribution is 2.26. The number of unbranched alkanes of at least 4 members (excludes halogenated alkanes) is 28. The number of carbonyl (C=O) groups is 1. The maximum atomic E-state index is 12.8. The fourth-order valence-corrected chi connectivity index (χ4v) is 7.95. The third kappa shape index (κ3) is 30.7. The molecular weight excluding hydrogens is 753 g/mol. The minimum absolute atomic E-state index is 0.0445. The summed E-state index contributed by atoms with van der Waals surface area (Å²) in [5.41, 5.74) is 0. The Balaban J connectivity index is 2.36. The number of rotatable bonds is 41. The topological polar surface area (TPSA) is 178 Å². The highest BCUT2D eigenvalue weighted by atomic mass is 32.3. The molecule has 6 unspecified atom stereocenters. The number of hydrogen-bond acceptors (Lipinski definition) is 11. The molecule has 0 amide bonds. The molecule has 0 radical (unpaired) electrons. The smallest absolute Gasteiger partial charge is 0.397 e. The van der Waals surface area contributed by atoms with Gasteiger partial charge in [0.1, 0.15) is 30.5 Å². The fraction of sp³-hybridized carbons (Fsp3) is 0.977. The summed E-state index contributed by atoms with van der Waals surface area (Å²) in [5, 5.41) is 30.6. The summed E-state index contributed by atoms with van der Waals surface area (Å²) >= 11 is 0. The fourth-order valence-electron chi connectivity index (χ4n) is 7.44. The Morgan fingerprint density at radius 1 is 0.596 bits per heavy atom. The van der Waals surface area contributed by atoms with Crippen LogP contribution in [0, 0.1) is 0 Å². The lowest BCUT2D eigenvalue weighted by molar-refractivity contribution is -0.301. The Morgan fingerprint density at radius 3 is 1.40 bits per heavy atom. The normalized spacial score (nSPS) is 20.6. The Labute approximate surface area is 347 Å². The van der Waals surface area contributed by atoms with E-state index in [1.54, 1.807) is 0 Å². The van der Waals surface area contributed by atoms with Gasteiger partial charge in [0.05, 0.1) is 19.8 Å². The first-order chi connectivity index (χ1) is 27.6. The van der Waals surface area contributed by atoms with Gasteiger partial charge in [0.15, 0.2) is 6.29 Å². The zero-order chi connectivity index (χ0) is 41.8. The van der Waals surface area contributed by atoms with Crippen LogP contribution in [0.2, 0.25) is 0 Å². The van der Waals surface area contributed by atoms with Crippen LogP contribution in [-0.4, -0.2) is 97.5 Å². The van der Waals surface area contributed by atoms with Crippen LogP contribution in [0.4, 0.5) is 0 Å². The van der Waals surface area contributed by atoms with E-state index in [-0.39, 0.29) is 19.6 Å². The van der Waals surface area contributed by atoms with Crippen molar-refractivity contribution in [1.82, 2.24) is 0 Å². The van der Waals surface area contributed by atoms with E-state index in [9.17, 15) is 28.5 Å². The van der Waals surface area contributed by atoms with E-state index in [1.165, 1.54) is 148 Å². The summed E-state index contributed by atoms with van der Waals surface area (Å²) in [6, 6.07) is 0. The number of ether oxygens (including phenoxy) is 4. The average Bonchev–Trinajstić information content (AvgIpc) is 3.18. The van der Waals surface area contributed by atoms with Crippen LogP contribution in [0.3, 0.4) is 0 Å². The summed E-state index contributed by atoms with van der Waals surface area (Å²) in [4.78, 5) is 12.8. The molecule has 0 spiro atoms. The van der Waals surface area contributed by atoms with Crippen LogP contribution >= 0.6 is 0 Å². The first-order valence-electron chi connectivity index (χ1n) is 23.3. The molecule has 4 N–H and O–H groups in total. The highest BCUT2D eigenvalue weighted by molar-refractivity contribution is 7.80. The molecule has 6 atom stereocenters. The molecule has 0 bridgehead atoms. The lowest BCUT2D eigenvalue weighted by Gasteiger charge is -2.41. The Bertz CT molecular complexity index is 1020. The first-order valence-corrected chi connectivity index (χ1v) is 24.7. The molecule has 13 heteroatoms. The van der Waals surface area contributed by atoms with Crippen LogP contribution in [0.15, 0.2) is 0 Å².